The van der Waals surface area contributed by atoms with Crippen LogP contribution in [-0.4, -0.2) is 51.3 Å². The Bertz CT molecular complexity index is 1700. The van der Waals surface area contributed by atoms with Gasteiger partial charge in [0.15, 0.2) is 0 Å². The van der Waals surface area contributed by atoms with Crippen LogP contribution in [0.1, 0.15) is 29.5 Å². The number of nitrogens with zero attached hydrogens (tertiary/aromatic N) is 2. The van der Waals surface area contributed by atoms with Crippen molar-refractivity contribution in [2.75, 3.05) is 24.3 Å². The first kappa shape index (κ1) is 31.9. The number of aliphatic hydroxyl groups excluding tert-OH is 2. The van der Waals surface area contributed by atoms with Crippen LogP contribution in [0.4, 0.5) is 15.8 Å². The van der Waals surface area contributed by atoms with Crippen LogP contribution in [0, 0.1) is 17.1 Å². The van der Waals surface area contributed by atoms with E-state index in [2.05, 4.69) is 16.4 Å². The number of anilines is 2. The Morgan fingerprint density at radius 3 is 2.80 bits per heavy atom. The molecule has 4 aromatic rings. The van der Waals surface area contributed by atoms with Crippen LogP contribution in [0.15, 0.2) is 60.8 Å². The van der Waals surface area contributed by atoms with Crippen LogP contribution in [-0.2, 0) is 17.8 Å². The minimum atomic E-state index is -1.09. The van der Waals surface area contributed by atoms with Crippen LogP contribution < -0.4 is 14.8 Å². The number of nitriles is 1. The van der Waals surface area contributed by atoms with E-state index in [0.717, 1.165) is 12.2 Å². The molecule has 1 aromatic heterocycles. The van der Waals surface area contributed by atoms with E-state index in [1.807, 2.05) is 0 Å². The fourth-order valence-corrected chi connectivity index (χ4v) is 7.84. The maximum Gasteiger partial charge on any atom is 0.138 e. The topological polar surface area (TPSA) is 125 Å². The molecule has 8 nitrogen and oxygen atoms in total. The molecule has 5 rings (SSSR count). The van der Waals surface area contributed by atoms with Crippen molar-refractivity contribution in [2.24, 2.45) is 0 Å². The maximum atomic E-state index is 13.5. The van der Waals surface area contributed by atoms with Gasteiger partial charge in [-0.3, -0.25) is 9.78 Å². The van der Waals surface area contributed by atoms with Gasteiger partial charge in [0.2, 0.25) is 0 Å². The largest absolute Gasteiger partial charge is 0.490 e. The Balaban J connectivity index is 1.43. The van der Waals surface area contributed by atoms with Gasteiger partial charge in [-0.2, -0.15) is 5.26 Å². The first-order valence-corrected chi connectivity index (χ1v) is 16.6. The molecule has 3 aromatic carbocycles. The van der Waals surface area contributed by atoms with Gasteiger partial charge in [0, 0.05) is 52.7 Å². The second kappa shape index (κ2) is 15.0. The van der Waals surface area contributed by atoms with E-state index in [0.29, 0.717) is 56.3 Å². The first-order valence-electron chi connectivity index (χ1n) is 13.8. The zero-order valence-electron chi connectivity index (χ0n) is 23.5. The Kier molecular flexibility index (Phi) is 10.8. The van der Waals surface area contributed by atoms with E-state index < -0.39 is 12.7 Å². The van der Waals surface area contributed by atoms with E-state index in [9.17, 15) is 24.7 Å². The number of nitrogens with one attached hydrogen (secondary N) is 1. The Hall–Kier alpha value is -3.53. The number of halogens is 2. The summed E-state index contributed by atoms with van der Waals surface area (Å²) in [7, 11) is 3.50. The summed E-state index contributed by atoms with van der Waals surface area (Å²) in [6, 6.07) is 16.8. The number of hydrogen-bond donors (Lipinski definition) is 3. The highest BCUT2D eigenvalue weighted by molar-refractivity contribution is 8.77. The Labute approximate surface area is 266 Å². The molecule has 228 valence electrons. The SMILES string of the molecule is N#Cc1cnc2cc(OC[C@@H](O)CO)c(CC(=O)C[C@@H]3CCSS3)cc2c1Nc1ccc(OCc2cccc(F)c2)c(Cl)c1. The maximum absolute atomic E-state index is 13.5. The molecule has 2 heterocycles. The van der Waals surface area contributed by atoms with Gasteiger partial charge in [0.1, 0.15) is 48.5 Å². The van der Waals surface area contributed by atoms with Gasteiger partial charge in [-0.25, -0.2) is 4.39 Å². The molecule has 1 fully saturated rings. The van der Waals surface area contributed by atoms with Crippen molar-refractivity contribution in [1.82, 2.24) is 4.98 Å². The van der Waals surface area contributed by atoms with E-state index in [-0.39, 0.29) is 42.0 Å². The third-order valence-electron chi connectivity index (χ3n) is 6.87. The second-order valence-corrected chi connectivity index (χ2v) is 13.4. The fourth-order valence-electron chi connectivity index (χ4n) is 4.67. The van der Waals surface area contributed by atoms with Gasteiger partial charge < -0.3 is 25.0 Å². The molecule has 12 heteroatoms. The molecule has 0 aliphatic carbocycles. The van der Waals surface area contributed by atoms with Gasteiger partial charge in [-0.1, -0.05) is 45.3 Å². The number of carbonyl (C=O) groups is 1. The van der Waals surface area contributed by atoms with E-state index in [1.54, 1.807) is 64.1 Å². The minimum absolute atomic E-state index is 0.0522. The van der Waals surface area contributed by atoms with Gasteiger partial charge in [0.05, 0.1) is 28.4 Å². The van der Waals surface area contributed by atoms with Crippen LogP contribution in [0.2, 0.25) is 5.02 Å². The van der Waals surface area contributed by atoms with Crippen molar-refractivity contribution in [3.63, 3.8) is 0 Å². The van der Waals surface area contributed by atoms with Gasteiger partial charge in [-0.15, -0.1) is 0 Å². The molecule has 0 spiro atoms. The lowest BCUT2D eigenvalue weighted by atomic mass is 10.00. The highest BCUT2D eigenvalue weighted by atomic mass is 35.5. The second-order valence-electron chi connectivity index (χ2n) is 10.2. The van der Waals surface area contributed by atoms with Crippen molar-refractivity contribution in [2.45, 2.75) is 37.2 Å². The summed E-state index contributed by atoms with van der Waals surface area (Å²) in [6.07, 6.45) is 1.86. The van der Waals surface area contributed by atoms with Crippen molar-refractivity contribution < 1.29 is 28.9 Å². The third kappa shape index (κ3) is 8.14. The Morgan fingerprint density at radius 1 is 1.20 bits per heavy atom. The summed E-state index contributed by atoms with van der Waals surface area (Å²) in [4.78, 5) is 17.5. The molecule has 0 bridgehead atoms. The highest BCUT2D eigenvalue weighted by Crippen LogP contribution is 2.40. The smallest absolute Gasteiger partial charge is 0.138 e. The zero-order chi connectivity index (χ0) is 31.1. The molecule has 2 atom stereocenters. The average Bonchev–Trinajstić information content (AvgIpc) is 3.52. The van der Waals surface area contributed by atoms with Crippen molar-refractivity contribution in [1.29, 1.82) is 5.26 Å². The highest BCUT2D eigenvalue weighted by Gasteiger charge is 2.22. The predicted molar refractivity (Wildman–Crippen MR) is 172 cm³/mol. The number of aliphatic hydroxyl groups is 2. The number of fused-ring (bicyclic) bond motifs is 1. The lowest BCUT2D eigenvalue weighted by Crippen LogP contribution is -2.22. The minimum Gasteiger partial charge on any atom is -0.490 e. The number of rotatable bonds is 13. The molecular weight excluding hydrogens is 625 g/mol. The molecular formula is C32H29ClFN3O5S2. The lowest BCUT2D eigenvalue weighted by Gasteiger charge is -2.18. The summed E-state index contributed by atoms with van der Waals surface area (Å²) < 4.78 is 25.1. The quantitative estimate of drug-likeness (QED) is 0.136. The van der Waals surface area contributed by atoms with Crippen LogP contribution in [0.25, 0.3) is 10.9 Å². The summed E-state index contributed by atoms with van der Waals surface area (Å²) in [5.74, 6) is 1.51. The molecule has 0 radical (unpaired) electrons. The van der Waals surface area contributed by atoms with Crippen LogP contribution >= 0.6 is 33.2 Å². The average molecular weight is 654 g/mol. The molecule has 1 aliphatic rings. The van der Waals surface area contributed by atoms with Crippen molar-refractivity contribution >= 4 is 61.2 Å². The molecule has 3 N–H and O–H groups in total. The van der Waals surface area contributed by atoms with Gasteiger partial charge >= 0.3 is 0 Å². The number of benzene rings is 3. The summed E-state index contributed by atoms with van der Waals surface area (Å²) in [6.45, 7) is -0.489. The number of ether oxygens (including phenoxy) is 2. The third-order valence-corrected chi connectivity index (χ3v) is 10.1. The fraction of sp³-hybridized carbons (Fsp3) is 0.281. The zero-order valence-corrected chi connectivity index (χ0v) is 25.9. The van der Waals surface area contributed by atoms with E-state index in [1.165, 1.54) is 18.3 Å². The van der Waals surface area contributed by atoms with Gasteiger partial charge in [-0.05, 0) is 48.4 Å². The summed E-state index contributed by atoms with van der Waals surface area (Å²) in [5, 5.41) is 33.5. The number of Topliss-reactive ketones (excluding diaryl/α,β-unsaturated/α-hetero) is 1. The van der Waals surface area contributed by atoms with Crippen molar-refractivity contribution in [3.8, 4) is 17.6 Å². The number of ketones is 1. The summed E-state index contributed by atoms with van der Waals surface area (Å²) in [5.41, 5.74) is 3.08. The lowest BCUT2D eigenvalue weighted by molar-refractivity contribution is -0.118. The van der Waals surface area contributed by atoms with Gasteiger partial charge in [0.25, 0.3) is 0 Å². The number of aromatic nitrogens is 1. The summed E-state index contributed by atoms with van der Waals surface area (Å²) >= 11 is 6.52. The molecule has 0 unspecified atom stereocenters. The van der Waals surface area contributed by atoms with Crippen LogP contribution in [0.3, 0.4) is 0 Å². The molecule has 0 amide bonds. The number of pyridine rings is 1. The monoisotopic (exact) mass is 653 g/mol. The number of hydrogen-bond acceptors (Lipinski definition) is 10. The predicted octanol–water partition coefficient (Wildman–Crippen LogP) is 6.61. The Morgan fingerprint density at radius 2 is 2.07 bits per heavy atom. The van der Waals surface area contributed by atoms with E-state index in [4.69, 9.17) is 21.1 Å². The van der Waals surface area contributed by atoms with Crippen molar-refractivity contribution in [3.05, 3.63) is 88.3 Å². The van der Waals surface area contributed by atoms with Crippen LogP contribution in [0.5, 0.6) is 11.5 Å². The molecule has 1 saturated heterocycles. The standard InChI is InChI=1S/C32H29ClFN3O5S2/c33-28-11-23(4-5-30(28)41-17-19-2-1-3-22(34)8-19)37-32-21(14-35)15-36-29-13-31(42-18-25(40)16-38)20(10-27(29)32)9-24(39)12-26-6-7-43-44-26/h1-5,8,10-11,13,15,25-26,38,40H,6-7,9,12,16-18H2,(H,36,37)/t25-,26-/m0/s1. The van der Waals surface area contributed by atoms with E-state index >= 15 is 0 Å². The molecule has 44 heavy (non-hydrogen) atoms. The molecule has 1 aliphatic heterocycles. The number of carbonyl (C=O) groups excluding carboxylic acids is 1. The first-order chi connectivity index (χ1) is 21.3. The molecule has 0 saturated carbocycles. The normalized spacial score (nSPS) is 15.1.